The molecule has 0 amide bonds. The molecule has 21 heavy (non-hydrogen) atoms. The number of hydrogen-bond acceptors (Lipinski definition) is 5. The molecule has 1 aliphatic rings. The third kappa shape index (κ3) is 1.50. The Balaban J connectivity index is 3.81. The van der Waals surface area contributed by atoms with E-state index in [1.54, 1.807) is 13.8 Å². The van der Waals surface area contributed by atoms with Gasteiger partial charge in [-0.2, -0.15) is 21.0 Å². The summed E-state index contributed by atoms with van der Waals surface area (Å²) in [5.41, 5.74) is -6.04. The van der Waals surface area contributed by atoms with Crippen molar-refractivity contribution in [3.05, 3.63) is 12.7 Å². The zero-order valence-corrected chi connectivity index (χ0v) is 14.0. The summed E-state index contributed by atoms with van der Waals surface area (Å²) in [5, 5.41) is 38.4. The zero-order chi connectivity index (χ0) is 16.7. The average molecular weight is 298 g/mol. The Kier molecular flexibility index (Phi) is 3.58. The first-order valence-electron chi connectivity index (χ1n) is 6.50. The van der Waals surface area contributed by atoms with Gasteiger partial charge in [0, 0.05) is 5.41 Å². The van der Waals surface area contributed by atoms with Gasteiger partial charge in [0.2, 0.25) is 5.41 Å². The van der Waals surface area contributed by atoms with Gasteiger partial charge >= 0.3 is 0 Å². The van der Waals surface area contributed by atoms with Crippen LogP contribution < -0.4 is 0 Å². The highest BCUT2D eigenvalue weighted by Gasteiger charge is 2.88. The van der Waals surface area contributed by atoms with E-state index < -0.39 is 30.2 Å². The fraction of sp³-hybridized carbons (Fsp3) is 0.600. The topological polar surface area (TPSA) is 104 Å². The van der Waals surface area contributed by atoms with E-state index in [4.69, 9.17) is 4.43 Å². The molecule has 1 aliphatic carbocycles. The molecule has 0 aliphatic heterocycles. The Hall–Kier alpha value is -2.12. The summed E-state index contributed by atoms with van der Waals surface area (Å²) < 4.78 is 6.16. The predicted molar refractivity (Wildman–Crippen MR) is 78.5 cm³/mol. The molecule has 0 N–H and O–H groups in total. The number of hydrogen-bond donors (Lipinski definition) is 0. The molecule has 0 bridgehead atoms. The quantitative estimate of drug-likeness (QED) is 0.588. The van der Waals surface area contributed by atoms with Gasteiger partial charge < -0.3 is 4.43 Å². The molecule has 5 nitrogen and oxygen atoms in total. The fourth-order valence-electron chi connectivity index (χ4n) is 3.40. The van der Waals surface area contributed by atoms with Crippen LogP contribution in [0, 0.1) is 61.6 Å². The maximum atomic E-state index is 9.64. The van der Waals surface area contributed by atoms with Crippen LogP contribution in [0.15, 0.2) is 12.7 Å². The van der Waals surface area contributed by atoms with Gasteiger partial charge in [-0.05, 0) is 19.6 Å². The Bertz CT molecular complexity index is 620. The lowest BCUT2D eigenvalue weighted by atomic mass is 9.31. The van der Waals surface area contributed by atoms with Crippen molar-refractivity contribution >= 4 is 8.32 Å². The van der Waals surface area contributed by atoms with Crippen LogP contribution in [0.3, 0.4) is 0 Å². The van der Waals surface area contributed by atoms with Crippen LogP contribution in [0.5, 0.6) is 0 Å². The van der Waals surface area contributed by atoms with Crippen molar-refractivity contribution in [1.29, 1.82) is 21.0 Å². The fourth-order valence-corrected chi connectivity index (χ4v) is 4.86. The molecular weight excluding hydrogens is 280 g/mol. The average Bonchev–Trinajstić information content (AvgIpc) is 2.40. The smallest absolute Gasteiger partial charge is 0.207 e. The van der Waals surface area contributed by atoms with Crippen molar-refractivity contribution in [3.8, 4) is 24.3 Å². The summed E-state index contributed by atoms with van der Waals surface area (Å²) in [7, 11) is -2.17. The van der Waals surface area contributed by atoms with E-state index in [1.807, 2.05) is 43.9 Å². The number of rotatable bonds is 3. The molecule has 0 aromatic heterocycles. The van der Waals surface area contributed by atoms with E-state index in [9.17, 15) is 21.0 Å². The van der Waals surface area contributed by atoms with Crippen LogP contribution in [0.25, 0.3) is 0 Å². The van der Waals surface area contributed by atoms with E-state index in [2.05, 4.69) is 6.58 Å². The summed E-state index contributed by atoms with van der Waals surface area (Å²) in [4.78, 5) is 0. The molecule has 0 aromatic rings. The second-order valence-corrected chi connectivity index (χ2v) is 11.2. The standard InChI is InChI=1S/C15H18N4OSi/c1-7-15(20-21(4,5)6)12(2,3)13(8-16,9-17)14(15,10-18)11-19/h7H,1H2,2-6H3. The van der Waals surface area contributed by atoms with Crippen LogP contribution in [0.1, 0.15) is 13.8 Å². The summed E-state index contributed by atoms with van der Waals surface area (Å²) in [6.45, 7) is 12.9. The lowest BCUT2D eigenvalue weighted by Gasteiger charge is -2.69. The van der Waals surface area contributed by atoms with Crippen molar-refractivity contribution in [2.24, 2.45) is 16.2 Å². The van der Waals surface area contributed by atoms with Gasteiger partial charge in [0.25, 0.3) is 0 Å². The Morgan fingerprint density at radius 1 is 0.905 bits per heavy atom. The molecule has 0 radical (unpaired) electrons. The van der Waals surface area contributed by atoms with E-state index in [0.717, 1.165) is 0 Å². The lowest BCUT2D eigenvalue weighted by molar-refractivity contribution is -0.232. The maximum absolute atomic E-state index is 9.64. The first-order valence-corrected chi connectivity index (χ1v) is 9.91. The molecule has 6 heteroatoms. The van der Waals surface area contributed by atoms with Crippen LogP contribution in [0.4, 0.5) is 0 Å². The van der Waals surface area contributed by atoms with E-state index in [-0.39, 0.29) is 0 Å². The van der Waals surface area contributed by atoms with Crippen LogP contribution in [-0.2, 0) is 4.43 Å². The minimum absolute atomic E-state index is 1.03. The molecule has 1 saturated carbocycles. The third-order valence-corrected chi connectivity index (χ3v) is 5.35. The Morgan fingerprint density at radius 2 is 1.29 bits per heavy atom. The largest absolute Gasteiger partial charge is 0.405 e. The van der Waals surface area contributed by atoms with E-state index >= 15 is 0 Å². The van der Waals surface area contributed by atoms with Gasteiger partial charge in [0.1, 0.15) is 5.60 Å². The van der Waals surface area contributed by atoms with Crippen LogP contribution in [-0.4, -0.2) is 13.9 Å². The van der Waals surface area contributed by atoms with Gasteiger partial charge in [0.05, 0.1) is 24.3 Å². The highest BCUT2D eigenvalue weighted by Crippen LogP contribution is 2.75. The molecule has 108 valence electrons. The molecule has 1 fully saturated rings. The molecule has 1 atom stereocenters. The van der Waals surface area contributed by atoms with Crippen molar-refractivity contribution in [1.82, 2.24) is 0 Å². The van der Waals surface area contributed by atoms with Crippen molar-refractivity contribution in [3.63, 3.8) is 0 Å². The van der Waals surface area contributed by atoms with E-state index in [1.165, 1.54) is 6.08 Å². The molecule has 0 aromatic carbocycles. The second kappa shape index (κ2) is 4.44. The first kappa shape index (κ1) is 16.9. The highest BCUT2D eigenvalue weighted by molar-refractivity contribution is 6.69. The SMILES string of the molecule is C=CC1(O[Si](C)(C)C)C(C)(C)C(C#N)(C#N)C1(C#N)C#N. The molecule has 0 heterocycles. The highest BCUT2D eigenvalue weighted by atomic mass is 28.4. The van der Waals surface area contributed by atoms with Crippen molar-refractivity contribution < 1.29 is 4.43 Å². The summed E-state index contributed by atoms with van der Waals surface area (Å²) in [6.07, 6.45) is 1.42. The molecule has 0 spiro atoms. The van der Waals surface area contributed by atoms with Gasteiger partial charge in [-0.15, -0.1) is 6.58 Å². The third-order valence-electron chi connectivity index (χ3n) is 4.41. The van der Waals surface area contributed by atoms with Gasteiger partial charge in [-0.3, -0.25) is 0 Å². The van der Waals surface area contributed by atoms with Gasteiger partial charge in [-0.1, -0.05) is 19.9 Å². The predicted octanol–water partition coefficient (Wildman–Crippen LogP) is 2.87. The first-order chi connectivity index (χ1) is 9.51. The second-order valence-electron chi connectivity index (χ2n) is 6.73. The Morgan fingerprint density at radius 3 is 1.52 bits per heavy atom. The maximum Gasteiger partial charge on any atom is 0.207 e. The zero-order valence-electron chi connectivity index (χ0n) is 13.0. The van der Waals surface area contributed by atoms with Gasteiger partial charge in [0.15, 0.2) is 13.7 Å². The minimum Gasteiger partial charge on any atom is -0.405 e. The molecule has 1 rings (SSSR count). The summed E-state index contributed by atoms with van der Waals surface area (Å²) in [6, 6.07) is 7.60. The lowest BCUT2D eigenvalue weighted by Crippen LogP contribution is -2.81. The van der Waals surface area contributed by atoms with Crippen molar-refractivity contribution in [2.45, 2.75) is 39.1 Å². The molecule has 0 saturated heterocycles. The number of nitrogens with zero attached hydrogens (tertiary/aromatic N) is 4. The molecule has 1 unspecified atom stereocenters. The molecular formula is C15H18N4OSi. The van der Waals surface area contributed by atoms with E-state index in [0.29, 0.717) is 0 Å². The number of nitriles is 4. The summed E-state index contributed by atoms with van der Waals surface area (Å²) in [5.74, 6) is 0. The van der Waals surface area contributed by atoms with Crippen LogP contribution in [0.2, 0.25) is 19.6 Å². The van der Waals surface area contributed by atoms with Crippen molar-refractivity contribution in [2.75, 3.05) is 0 Å². The van der Waals surface area contributed by atoms with Gasteiger partial charge in [-0.25, -0.2) is 0 Å². The minimum atomic E-state index is -2.17. The Labute approximate surface area is 126 Å². The van der Waals surface area contributed by atoms with Crippen LogP contribution >= 0.6 is 0 Å². The monoisotopic (exact) mass is 298 g/mol. The normalized spacial score (nSPS) is 27.9. The summed E-state index contributed by atoms with van der Waals surface area (Å²) >= 11 is 0.